The van der Waals surface area contributed by atoms with Crippen LogP contribution in [0.4, 0.5) is 14.5 Å². The Morgan fingerprint density at radius 3 is 2.70 bits per heavy atom. The molecule has 0 aliphatic heterocycles. The van der Waals surface area contributed by atoms with Crippen molar-refractivity contribution < 1.29 is 13.6 Å². The molecule has 4 nitrogen and oxygen atoms in total. The van der Waals surface area contributed by atoms with Crippen molar-refractivity contribution in [2.45, 2.75) is 44.4 Å². The minimum Gasteiger partial charge on any atom is -0.322 e. The lowest BCUT2D eigenvalue weighted by Crippen LogP contribution is -2.22. The molecule has 0 saturated heterocycles. The Bertz CT molecular complexity index is 846. The van der Waals surface area contributed by atoms with E-state index < -0.39 is 18.0 Å². The van der Waals surface area contributed by atoms with Crippen molar-refractivity contribution >= 4 is 11.6 Å². The molecule has 1 saturated carbocycles. The normalized spacial score (nSPS) is 22.3. The summed E-state index contributed by atoms with van der Waals surface area (Å²) in [6, 6.07) is 5.97. The Balaban J connectivity index is 0.00000102. The van der Waals surface area contributed by atoms with E-state index in [0.29, 0.717) is 17.8 Å². The maximum Gasteiger partial charge on any atom is 0.282 e. The Hall–Kier alpha value is -2.50. The fraction of sp³-hybridized carbons (Fsp3) is 0.429. The molecule has 4 rings (SSSR count). The van der Waals surface area contributed by atoms with Crippen LogP contribution in [0, 0.1) is 5.92 Å². The molecule has 1 heterocycles. The summed E-state index contributed by atoms with van der Waals surface area (Å²) in [5.41, 5.74) is 2.74. The molecular weight excluding hydrogens is 348 g/mol. The van der Waals surface area contributed by atoms with Gasteiger partial charge in [0.05, 0.1) is 5.56 Å². The molecule has 27 heavy (non-hydrogen) atoms. The molecule has 1 aromatic carbocycles. The Kier molecular flexibility index (Phi) is 5.44. The third-order valence-corrected chi connectivity index (χ3v) is 5.75. The number of hydrogen-bond acceptors (Lipinski definition) is 2. The number of hydrogen-bond donors (Lipinski definition) is 1. The molecule has 1 aromatic heterocycles. The van der Waals surface area contributed by atoms with Crippen molar-refractivity contribution in [3.8, 4) is 0 Å². The SMILES string of the molecule is C=C.CCC1c2c(NC(=O)c3cn(C)nc3C(F)F)cccc2C2CCC21. The summed E-state index contributed by atoms with van der Waals surface area (Å²) in [5.74, 6) is 1.17. The lowest BCUT2D eigenvalue weighted by molar-refractivity contribution is 0.101. The largest absolute Gasteiger partial charge is 0.322 e. The van der Waals surface area contributed by atoms with Gasteiger partial charge in [-0.25, -0.2) is 8.78 Å². The summed E-state index contributed by atoms with van der Waals surface area (Å²) in [5, 5.41) is 6.59. The minimum atomic E-state index is -2.78. The number of benzene rings is 1. The van der Waals surface area contributed by atoms with Crippen LogP contribution in [0.5, 0.6) is 0 Å². The van der Waals surface area contributed by atoms with E-state index in [1.807, 2.05) is 12.1 Å². The highest BCUT2D eigenvalue weighted by Gasteiger charge is 2.46. The summed E-state index contributed by atoms with van der Waals surface area (Å²) >= 11 is 0. The van der Waals surface area contributed by atoms with Crippen LogP contribution in [-0.4, -0.2) is 15.7 Å². The van der Waals surface area contributed by atoms with Gasteiger partial charge in [-0.15, -0.1) is 13.2 Å². The van der Waals surface area contributed by atoms with Crippen LogP contribution in [-0.2, 0) is 7.05 Å². The average molecular weight is 373 g/mol. The quantitative estimate of drug-likeness (QED) is 0.728. The van der Waals surface area contributed by atoms with E-state index in [1.54, 1.807) is 0 Å². The van der Waals surface area contributed by atoms with Gasteiger partial charge in [0, 0.05) is 18.9 Å². The maximum absolute atomic E-state index is 13.1. The number of carbonyl (C=O) groups excluding carboxylic acids is 1. The molecule has 1 fully saturated rings. The minimum absolute atomic E-state index is 0.0656. The molecule has 1 amide bonds. The zero-order chi connectivity index (χ0) is 19.7. The highest BCUT2D eigenvalue weighted by atomic mass is 19.3. The summed E-state index contributed by atoms with van der Waals surface area (Å²) in [4.78, 5) is 12.6. The molecule has 0 radical (unpaired) electrons. The molecule has 1 N–H and O–H groups in total. The number of halogens is 2. The monoisotopic (exact) mass is 373 g/mol. The number of anilines is 1. The zero-order valence-corrected chi connectivity index (χ0v) is 15.7. The van der Waals surface area contributed by atoms with E-state index in [4.69, 9.17) is 0 Å². The second kappa shape index (κ2) is 7.62. The van der Waals surface area contributed by atoms with E-state index in [0.717, 1.165) is 12.1 Å². The zero-order valence-electron chi connectivity index (χ0n) is 15.7. The van der Waals surface area contributed by atoms with Crippen LogP contribution in [0.2, 0.25) is 0 Å². The number of rotatable bonds is 4. The smallest absolute Gasteiger partial charge is 0.282 e. The number of nitrogens with zero attached hydrogens (tertiary/aromatic N) is 2. The molecule has 3 unspecified atom stereocenters. The maximum atomic E-state index is 13.1. The first-order valence-electron chi connectivity index (χ1n) is 9.27. The average Bonchev–Trinajstić information content (AvgIpc) is 3.12. The lowest BCUT2D eigenvalue weighted by Gasteiger charge is -2.34. The third kappa shape index (κ3) is 3.17. The van der Waals surface area contributed by atoms with Crippen molar-refractivity contribution in [2.75, 3.05) is 5.32 Å². The molecule has 2 aromatic rings. The van der Waals surface area contributed by atoms with E-state index in [9.17, 15) is 13.6 Å². The van der Waals surface area contributed by atoms with Crippen LogP contribution >= 0.6 is 0 Å². The Morgan fingerprint density at radius 1 is 1.37 bits per heavy atom. The summed E-state index contributed by atoms with van der Waals surface area (Å²) in [6.45, 7) is 8.17. The van der Waals surface area contributed by atoms with Crippen molar-refractivity contribution in [1.29, 1.82) is 0 Å². The number of amides is 1. The Labute approximate surface area is 158 Å². The summed E-state index contributed by atoms with van der Waals surface area (Å²) in [7, 11) is 1.54. The van der Waals surface area contributed by atoms with Gasteiger partial charge < -0.3 is 5.32 Å². The van der Waals surface area contributed by atoms with Crippen molar-refractivity contribution in [3.05, 3.63) is 59.9 Å². The number of fused-ring (bicyclic) bond motifs is 3. The van der Waals surface area contributed by atoms with Gasteiger partial charge in [0.25, 0.3) is 12.3 Å². The van der Waals surface area contributed by atoms with E-state index >= 15 is 0 Å². The van der Waals surface area contributed by atoms with Crippen LogP contribution in [0.1, 0.15) is 71.6 Å². The number of aromatic nitrogens is 2. The first-order chi connectivity index (χ1) is 13.0. The summed E-state index contributed by atoms with van der Waals surface area (Å²) in [6.07, 6.45) is 2.02. The van der Waals surface area contributed by atoms with Crippen molar-refractivity contribution in [2.24, 2.45) is 13.0 Å². The van der Waals surface area contributed by atoms with E-state index in [1.165, 1.54) is 41.9 Å². The van der Waals surface area contributed by atoms with Crippen LogP contribution in [0.3, 0.4) is 0 Å². The fourth-order valence-electron chi connectivity index (χ4n) is 4.58. The van der Waals surface area contributed by atoms with Gasteiger partial charge in [-0.3, -0.25) is 9.48 Å². The number of nitrogens with one attached hydrogen (secondary N) is 1. The molecule has 2 aliphatic carbocycles. The Morgan fingerprint density at radius 2 is 2.11 bits per heavy atom. The van der Waals surface area contributed by atoms with Gasteiger partial charge in [-0.2, -0.15) is 5.10 Å². The van der Waals surface area contributed by atoms with Gasteiger partial charge in [0.2, 0.25) is 0 Å². The predicted molar refractivity (Wildman–Crippen MR) is 102 cm³/mol. The van der Waals surface area contributed by atoms with Gasteiger partial charge in [0.15, 0.2) is 0 Å². The number of carbonyl (C=O) groups is 1. The van der Waals surface area contributed by atoms with Gasteiger partial charge >= 0.3 is 0 Å². The van der Waals surface area contributed by atoms with Crippen LogP contribution < -0.4 is 5.32 Å². The van der Waals surface area contributed by atoms with Crippen LogP contribution in [0.25, 0.3) is 0 Å². The van der Waals surface area contributed by atoms with Crippen LogP contribution in [0.15, 0.2) is 37.6 Å². The number of alkyl halides is 2. The topological polar surface area (TPSA) is 46.9 Å². The third-order valence-electron chi connectivity index (χ3n) is 5.75. The molecule has 6 heteroatoms. The second-order valence-corrected chi connectivity index (χ2v) is 7.03. The van der Waals surface area contributed by atoms with Gasteiger partial charge in [-0.05, 0) is 54.2 Å². The van der Waals surface area contributed by atoms with Crippen molar-refractivity contribution in [1.82, 2.24) is 9.78 Å². The molecular formula is C21H25F2N3O. The standard InChI is InChI=1S/C19H21F2N3O.C2H4/c1-3-10-11-7-8-12(11)13-5-4-6-15(16(10)13)22-19(25)14-9-24(2)23-17(14)18(20)21;1-2/h4-6,9-12,18H,3,7-8H2,1-2H3,(H,22,25);1-2H2. The molecule has 3 atom stereocenters. The van der Waals surface area contributed by atoms with Gasteiger partial charge in [0.1, 0.15) is 5.69 Å². The van der Waals surface area contributed by atoms with Crippen molar-refractivity contribution in [3.63, 3.8) is 0 Å². The first kappa shape index (κ1) is 19.3. The van der Waals surface area contributed by atoms with E-state index in [-0.39, 0.29) is 5.56 Å². The molecule has 144 valence electrons. The molecule has 2 aliphatic rings. The predicted octanol–water partition coefficient (Wildman–Crippen LogP) is 5.41. The van der Waals surface area contributed by atoms with E-state index in [2.05, 4.69) is 36.6 Å². The highest BCUT2D eigenvalue weighted by molar-refractivity contribution is 6.05. The van der Waals surface area contributed by atoms with Gasteiger partial charge in [-0.1, -0.05) is 19.1 Å². The number of aryl methyl sites for hydroxylation is 1. The molecule has 0 spiro atoms. The molecule has 0 bridgehead atoms. The summed E-state index contributed by atoms with van der Waals surface area (Å²) < 4.78 is 27.5. The first-order valence-corrected chi connectivity index (χ1v) is 9.27. The second-order valence-electron chi connectivity index (χ2n) is 7.03. The fourth-order valence-corrected chi connectivity index (χ4v) is 4.58. The lowest BCUT2D eigenvalue weighted by atomic mass is 9.70. The highest BCUT2D eigenvalue weighted by Crippen LogP contribution is 2.60.